The minimum absolute atomic E-state index is 0.507. The standard InChI is InChI=1S/C14H27N/c1-5-15-13(11-12(2)3)14(4)9-7-6-8-10-14/h13,15H,2,5-11H2,1,3-4H3. The van der Waals surface area contributed by atoms with Crippen LogP contribution in [0.4, 0.5) is 0 Å². The third kappa shape index (κ3) is 3.64. The van der Waals surface area contributed by atoms with Crippen molar-refractivity contribution in [3.05, 3.63) is 12.2 Å². The first-order chi connectivity index (χ1) is 7.08. The van der Waals surface area contributed by atoms with Gasteiger partial charge in [0.05, 0.1) is 0 Å². The van der Waals surface area contributed by atoms with E-state index < -0.39 is 0 Å². The summed E-state index contributed by atoms with van der Waals surface area (Å²) in [6, 6.07) is 0.639. The lowest BCUT2D eigenvalue weighted by Crippen LogP contribution is -2.44. The molecule has 0 aromatic heterocycles. The first-order valence-electron chi connectivity index (χ1n) is 6.46. The molecule has 1 aliphatic rings. The van der Waals surface area contributed by atoms with Gasteiger partial charge in [0.2, 0.25) is 0 Å². The highest BCUT2D eigenvalue weighted by Crippen LogP contribution is 2.40. The largest absolute Gasteiger partial charge is 0.313 e. The summed E-state index contributed by atoms with van der Waals surface area (Å²) in [4.78, 5) is 0. The fraction of sp³-hybridized carbons (Fsp3) is 0.857. The summed E-state index contributed by atoms with van der Waals surface area (Å²) in [6.07, 6.45) is 8.17. The van der Waals surface area contributed by atoms with Crippen LogP contribution < -0.4 is 5.32 Å². The lowest BCUT2D eigenvalue weighted by molar-refractivity contribution is 0.145. The fourth-order valence-corrected chi connectivity index (χ4v) is 2.87. The van der Waals surface area contributed by atoms with E-state index in [9.17, 15) is 0 Å². The predicted molar refractivity (Wildman–Crippen MR) is 68.1 cm³/mol. The minimum Gasteiger partial charge on any atom is -0.313 e. The summed E-state index contributed by atoms with van der Waals surface area (Å²) in [6.45, 7) is 12.0. The Bertz CT molecular complexity index is 201. The van der Waals surface area contributed by atoms with Crippen LogP contribution in [-0.2, 0) is 0 Å². The minimum atomic E-state index is 0.507. The van der Waals surface area contributed by atoms with Gasteiger partial charge in [0.15, 0.2) is 0 Å². The maximum Gasteiger partial charge on any atom is 0.0158 e. The Balaban J connectivity index is 2.62. The molecular weight excluding hydrogens is 182 g/mol. The molecule has 1 aliphatic carbocycles. The Labute approximate surface area is 95.3 Å². The van der Waals surface area contributed by atoms with Gasteiger partial charge in [-0.25, -0.2) is 0 Å². The van der Waals surface area contributed by atoms with Crippen LogP contribution in [0.2, 0.25) is 0 Å². The Morgan fingerprint density at radius 1 is 1.33 bits per heavy atom. The van der Waals surface area contributed by atoms with E-state index in [1.54, 1.807) is 0 Å². The maximum atomic E-state index is 4.06. The highest BCUT2D eigenvalue weighted by molar-refractivity contribution is 4.99. The molecule has 1 saturated carbocycles. The maximum absolute atomic E-state index is 4.06. The van der Waals surface area contributed by atoms with Crippen molar-refractivity contribution in [2.24, 2.45) is 5.41 Å². The summed E-state index contributed by atoms with van der Waals surface area (Å²) in [5.41, 5.74) is 1.82. The molecule has 1 heteroatoms. The Morgan fingerprint density at radius 2 is 1.93 bits per heavy atom. The molecular formula is C14H27N. The van der Waals surface area contributed by atoms with Gasteiger partial charge in [-0.3, -0.25) is 0 Å². The first kappa shape index (κ1) is 12.8. The van der Waals surface area contributed by atoms with Gasteiger partial charge in [0.1, 0.15) is 0 Å². The second-order valence-electron chi connectivity index (χ2n) is 5.49. The van der Waals surface area contributed by atoms with E-state index in [4.69, 9.17) is 0 Å². The van der Waals surface area contributed by atoms with Crippen molar-refractivity contribution in [3.63, 3.8) is 0 Å². The fourth-order valence-electron chi connectivity index (χ4n) is 2.87. The van der Waals surface area contributed by atoms with Crippen LogP contribution in [0, 0.1) is 5.41 Å². The Hall–Kier alpha value is -0.300. The van der Waals surface area contributed by atoms with Crippen LogP contribution in [0.1, 0.15) is 59.3 Å². The van der Waals surface area contributed by atoms with Gasteiger partial charge in [-0.05, 0) is 38.1 Å². The summed E-state index contributed by atoms with van der Waals surface area (Å²) in [5.74, 6) is 0. The molecule has 88 valence electrons. The van der Waals surface area contributed by atoms with Crippen molar-refractivity contribution in [3.8, 4) is 0 Å². The number of nitrogens with one attached hydrogen (secondary N) is 1. The second-order valence-corrected chi connectivity index (χ2v) is 5.49. The van der Waals surface area contributed by atoms with Gasteiger partial charge in [0.25, 0.3) is 0 Å². The summed E-state index contributed by atoms with van der Waals surface area (Å²) >= 11 is 0. The SMILES string of the molecule is C=C(C)CC(NCC)C1(C)CCCCC1. The average molecular weight is 209 g/mol. The van der Waals surface area contributed by atoms with E-state index in [1.165, 1.54) is 37.7 Å². The predicted octanol–water partition coefficient (Wildman–Crippen LogP) is 3.90. The van der Waals surface area contributed by atoms with Crippen molar-refractivity contribution in [2.45, 2.75) is 65.3 Å². The number of hydrogen-bond acceptors (Lipinski definition) is 1. The lowest BCUT2D eigenvalue weighted by atomic mass is 9.69. The van der Waals surface area contributed by atoms with E-state index in [-0.39, 0.29) is 0 Å². The van der Waals surface area contributed by atoms with Crippen molar-refractivity contribution >= 4 is 0 Å². The molecule has 0 aliphatic heterocycles. The van der Waals surface area contributed by atoms with E-state index in [2.05, 4.69) is 32.7 Å². The normalized spacial score (nSPS) is 22.3. The smallest absolute Gasteiger partial charge is 0.0158 e. The molecule has 1 rings (SSSR count). The Kier molecular flexibility index (Phi) is 4.85. The monoisotopic (exact) mass is 209 g/mol. The van der Waals surface area contributed by atoms with Crippen molar-refractivity contribution in [2.75, 3.05) is 6.54 Å². The molecule has 0 saturated heterocycles. The molecule has 0 amide bonds. The molecule has 1 fully saturated rings. The second kappa shape index (κ2) is 5.69. The summed E-state index contributed by atoms with van der Waals surface area (Å²) in [5, 5.41) is 3.66. The highest BCUT2D eigenvalue weighted by atomic mass is 14.9. The van der Waals surface area contributed by atoms with Crippen molar-refractivity contribution < 1.29 is 0 Å². The Morgan fingerprint density at radius 3 is 2.40 bits per heavy atom. The van der Waals surface area contributed by atoms with Gasteiger partial charge in [-0.15, -0.1) is 6.58 Å². The van der Waals surface area contributed by atoms with Gasteiger partial charge >= 0.3 is 0 Å². The van der Waals surface area contributed by atoms with E-state index >= 15 is 0 Å². The molecule has 0 heterocycles. The van der Waals surface area contributed by atoms with Crippen LogP contribution in [0.25, 0.3) is 0 Å². The number of hydrogen-bond donors (Lipinski definition) is 1. The quantitative estimate of drug-likeness (QED) is 0.677. The van der Waals surface area contributed by atoms with Crippen LogP contribution in [0.3, 0.4) is 0 Å². The van der Waals surface area contributed by atoms with Crippen LogP contribution in [0.15, 0.2) is 12.2 Å². The van der Waals surface area contributed by atoms with Crippen LogP contribution in [0.5, 0.6) is 0 Å². The molecule has 15 heavy (non-hydrogen) atoms. The van der Waals surface area contributed by atoms with Gasteiger partial charge in [0, 0.05) is 6.04 Å². The van der Waals surface area contributed by atoms with E-state index in [0.29, 0.717) is 11.5 Å². The van der Waals surface area contributed by atoms with Gasteiger partial charge < -0.3 is 5.32 Å². The van der Waals surface area contributed by atoms with E-state index in [0.717, 1.165) is 13.0 Å². The molecule has 0 radical (unpaired) electrons. The van der Waals surface area contributed by atoms with Crippen molar-refractivity contribution in [1.29, 1.82) is 0 Å². The first-order valence-corrected chi connectivity index (χ1v) is 6.46. The lowest BCUT2D eigenvalue weighted by Gasteiger charge is -2.41. The molecule has 1 unspecified atom stereocenters. The zero-order valence-electron chi connectivity index (χ0n) is 10.7. The molecule has 1 atom stereocenters. The van der Waals surface area contributed by atoms with Crippen LogP contribution >= 0.6 is 0 Å². The van der Waals surface area contributed by atoms with E-state index in [1.807, 2.05) is 0 Å². The molecule has 0 aromatic carbocycles. The number of rotatable bonds is 5. The molecule has 0 spiro atoms. The van der Waals surface area contributed by atoms with Crippen molar-refractivity contribution in [1.82, 2.24) is 5.32 Å². The average Bonchev–Trinajstić information content (AvgIpc) is 2.18. The molecule has 0 bridgehead atoms. The summed E-state index contributed by atoms with van der Waals surface area (Å²) < 4.78 is 0. The summed E-state index contributed by atoms with van der Waals surface area (Å²) in [7, 11) is 0. The zero-order chi connectivity index (χ0) is 11.3. The third-order valence-electron chi connectivity index (χ3n) is 3.84. The molecule has 1 nitrogen and oxygen atoms in total. The zero-order valence-corrected chi connectivity index (χ0v) is 10.7. The molecule has 1 N–H and O–H groups in total. The van der Waals surface area contributed by atoms with Gasteiger partial charge in [-0.1, -0.05) is 38.7 Å². The molecule has 0 aromatic rings. The topological polar surface area (TPSA) is 12.0 Å². The van der Waals surface area contributed by atoms with Gasteiger partial charge in [-0.2, -0.15) is 0 Å². The van der Waals surface area contributed by atoms with Crippen LogP contribution in [-0.4, -0.2) is 12.6 Å². The highest BCUT2D eigenvalue weighted by Gasteiger charge is 2.34. The third-order valence-corrected chi connectivity index (χ3v) is 3.84.